The van der Waals surface area contributed by atoms with E-state index in [1.165, 1.54) is 0 Å². The van der Waals surface area contributed by atoms with E-state index in [0.717, 1.165) is 17.1 Å². The van der Waals surface area contributed by atoms with Crippen LogP contribution < -0.4 is 0 Å². The van der Waals surface area contributed by atoms with Crippen LogP contribution in [0, 0.1) is 19.8 Å². The molecule has 1 aromatic heterocycles. The predicted octanol–water partition coefficient (Wildman–Crippen LogP) is 3.15. The Bertz CT molecular complexity index is 763. The average Bonchev–Trinajstić information content (AvgIpc) is 2.92. The normalized spacial score (nSPS) is 10.8. The number of esters is 1. The first-order chi connectivity index (χ1) is 12.3. The smallest absolute Gasteiger partial charge is 0.325 e. The molecular weight excluding hydrogens is 330 g/mol. The second-order valence-corrected chi connectivity index (χ2v) is 6.77. The zero-order valence-corrected chi connectivity index (χ0v) is 16.2. The summed E-state index contributed by atoms with van der Waals surface area (Å²) in [5.41, 5.74) is 3.42. The molecule has 0 saturated heterocycles. The van der Waals surface area contributed by atoms with Crippen LogP contribution >= 0.6 is 0 Å². The Kier molecular flexibility index (Phi) is 6.55. The number of aromatic nitrogens is 2. The largest absolute Gasteiger partial charge is 0.465 e. The summed E-state index contributed by atoms with van der Waals surface area (Å²) in [6.07, 6.45) is 0. The van der Waals surface area contributed by atoms with Crippen LogP contribution in [0.3, 0.4) is 0 Å². The second kappa shape index (κ2) is 8.65. The number of hydrogen-bond donors (Lipinski definition) is 0. The van der Waals surface area contributed by atoms with Crippen LogP contribution in [0.5, 0.6) is 0 Å². The van der Waals surface area contributed by atoms with Crippen molar-refractivity contribution in [1.29, 1.82) is 0 Å². The van der Waals surface area contributed by atoms with Crippen LogP contribution in [0.2, 0.25) is 0 Å². The van der Waals surface area contributed by atoms with Crippen LogP contribution in [0.25, 0.3) is 5.69 Å². The summed E-state index contributed by atoms with van der Waals surface area (Å²) in [5, 5.41) is 4.45. The molecule has 0 aliphatic heterocycles. The van der Waals surface area contributed by atoms with Gasteiger partial charge < -0.3 is 9.64 Å². The molecular formula is C20H27N3O3. The van der Waals surface area contributed by atoms with Gasteiger partial charge in [-0.25, -0.2) is 4.68 Å². The van der Waals surface area contributed by atoms with Gasteiger partial charge in [0, 0.05) is 17.8 Å². The fourth-order valence-electron chi connectivity index (χ4n) is 2.84. The number of rotatable bonds is 7. The zero-order chi connectivity index (χ0) is 19.3. The molecule has 0 radical (unpaired) electrons. The Morgan fingerprint density at radius 2 is 1.85 bits per heavy atom. The molecule has 2 aromatic rings. The Hall–Kier alpha value is -2.63. The minimum absolute atomic E-state index is 0.0376. The molecule has 0 atom stereocenters. The lowest BCUT2D eigenvalue weighted by molar-refractivity contribution is -0.143. The van der Waals surface area contributed by atoms with Gasteiger partial charge in [-0.05, 0) is 57.0 Å². The van der Waals surface area contributed by atoms with Crippen molar-refractivity contribution < 1.29 is 14.3 Å². The van der Waals surface area contributed by atoms with Crippen LogP contribution in [0.1, 0.15) is 42.5 Å². The van der Waals surface area contributed by atoms with Gasteiger partial charge in [0.1, 0.15) is 6.54 Å². The number of benzene rings is 1. The summed E-state index contributed by atoms with van der Waals surface area (Å²) in [6, 6.07) is 9.27. The van der Waals surface area contributed by atoms with Gasteiger partial charge in [0.05, 0.1) is 18.0 Å². The maximum atomic E-state index is 12.8. The molecule has 0 spiro atoms. The van der Waals surface area contributed by atoms with E-state index in [4.69, 9.17) is 4.74 Å². The molecule has 0 aliphatic rings. The van der Waals surface area contributed by atoms with Crippen molar-refractivity contribution in [2.45, 2.75) is 34.6 Å². The molecule has 0 N–H and O–H groups in total. The minimum atomic E-state index is -0.388. The van der Waals surface area contributed by atoms with E-state index in [2.05, 4.69) is 5.10 Å². The van der Waals surface area contributed by atoms with Gasteiger partial charge in [-0.15, -0.1) is 0 Å². The number of aryl methyl sites for hydroxylation is 2. The van der Waals surface area contributed by atoms with Gasteiger partial charge in [-0.2, -0.15) is 5.10 Å². The second-order valence-electron chi connectivity index (χ2n) is 6.77. The van der Waals surface area contributed by atoms with E-state index in [9.17, 15) is 9.59 Å². The van der Waals surface area contributed by atoms with Gasteiger partial charge in [0.25, 0.3) is 5.91 Å². The third-order valence-electron chi connectivity index (χ3n) is 3.87. The lowest BCUT2D eigenvalue weighted by atomic mass is 10.1. The SMILES string of the molecule is CCOC(=O)CN(CC(C)C)C(=O)c1ccc(-n2nc(C)cc2C)cc1. The van der Waals surface area contributed by atoms with Crippen LogP contribution in [-0.2, 0) is 9.53 Å². The monoisotopic (exact) mass is 357 g/mol. The molecule has 26 heavy (non-hydrogen) atoms. The maximum Gasteiger partial charge on any atom is 0.325 e. The Labute approximate surface area is 154 Å². The van der Waals surface area contributed by atoms with Crippen molar-refractivity contribution in [3.8, 4) is 5.69 Å². The molecule has 1 aromatic carbocycles. The van der Waals surface area contributed by atoms with Crippen LogP contribution in [-0.4, -0.2) is 46.3 Å². The van der Waals surface area contributed by atoms with E-state index in [1.54, 1.807) is 24.0 Å². The zero-order valence-electron chi connectivity index (χ0n) is 16.2. The van der Waals surface area contributed by atoms with E-state index >= 15 is 0 Å². The highest BCUT2D eigenvalue weighted by atomic mass is 16.5. The molecule has 0 aliphatic carbocycles. The first-order valence-corrected chi connectivity index (χ1v) is 8.90. The first kappa shape index (κ1) is 19.7. The van der Waals surface area contributed by atoms with Crippen molar-refractivity contribution in [1.82, 2.24) is 14.7 Å². The topological polar surface area (TPSA) is 64.4 Å². The predicted molar refractivity (Wildman–Crippen MR) is 100 cm³/mol. The Balaban J connectivity index is 2.19. The van der Waals surface area contributed by atoms with E-state index in [1.807, 2.05) is 50.6 Å². The number of amides is 1. The minimum Gasteiger partial charge on any atom is -0.465 e. The number of carbonyl (C=O) groups excluding carboxylic acids is 2. The lowest BCUT2D eigenvalue weighted by Gasteiger charge is -2.23. The molecule has 140 valence electrons. The first-order valence-electron chi connectivity index (χ1n) is 8.90. The molecule has 6 heteroatoms. The van der Waals surface area contributed by atoms with Crippen LogP contribution in [0.15, 0.2) is 30.3 Å². The van der Waals surface area contributed by atoms with E-state index in [0.29, 0.717) is 18.7 Å². The third-order valence-corrected chi connectivity index (χ3v) is 3.87. The maximum absolute atomic E-state index is 12.8. The van der Waals surface area contributed by atoms with Crippen molar-refractivity contribution in [2.24, 2.45) is 5.92 Å². The molecule has 0 bridgehead atoms. The fourth-order valence-corrected chi connectivity index (χ4v) is 2.84. The highest BCUT2D eigenvalue weighted by Gasteiger charge is 2.20. The van der Waals surface area contributed by atoms with Crippen LogP contribution in [0.4, 0.5) is 0 Å². The molecule has 1 heterocycles. The van der Waals surface area contributed by atoms with E-state index in [-0.39, 0.29) is 24.3 Å². The van der Waals surface area contributed by atoms with Crippen molar-refractivity contribution >= 4 is 11.9 Å². The van der Waals surface area contributed by atoms with Gasteiger partial charge in [0.15, 0.2) is 0 Å². The summed E-state index contributed by atoms with van der Waals surface area (Å²) >= 11 is 0. The van der Waals surface area contributed by atoms with Crippen molar-refractivity contribution in [3.05, 3.63) is 47.3 Å². The lowest BCUT2D eigenvalue weighted by Crippen LogP contribution is -2.39. The van der Waals surface area contributed by atoms with E-state index < -0.39 is 0 Å². The number of carbonyl (C=O) groups is 2. The third kappa shape index (κ3) is 4.94. The molecule has 0 saturated carbocycles. The molecule has 0 fully saturated rings. The molecule has 6 nitrogen and oxygen atoms in total. The molecule has 1 amide bonds. The summed E-state index contributed by atoms with van der Waals surface area (Å²) < 4.78 is 6.83. The number of ether oxygens (including phenoxy) is 1. The van der Waals surface area contributed by atoms with Crippen molar-refractivity contribution in [3.63, 3.8) is 0 Å². The number of nitrogens with zero attached hydrogens (tertiary/aromatic N) is 3. The standard InChI is InChI=1S/C20H27N3O3/c1-6-26-19(24)13-22(12-14(2)3)20(25)17-7-9-18(10-8-17)23-16(5)11-15(4)21-23/h7-11,14H,6,12-13H2,1-5H3. The quantitative estimate of drug-likeness (QED) is 0.714. The highest BCUT2D eigenvalue weighted by molar-refractivity contribution is 5.96. The summed E-state index contributed by atoms with van der Waals surface area (Å²) in [7, 11) is 0. The molecule has 2 rings (SSSR count). The van der Waals surface area contributed by atoms with Gasteiger partial charge in [-0.3, -0.25) is 9.59 Å². The van der Waals surface area contributed by atoms with Gasteiger partial charge in [-0.1, -0.05) is 13.8 Å². The Morgan fingerprint density at radius 1 is 1.19 bits per heavy atom. The Morgan fingerprint density at radius 3 is 2.35 bits per heavy atom. The summed E-state index contributed by atoms with van der Waals surface area (Å²) in [4.78, 5) is 26.2. The van der Waals surface area contributed by atoms with Gasteiger partial charge in [0.2, 0.25) is 0 Å². The molecule has 0 unspecified atom stereocenters. The highest BCUT2D eigenvalue weighted by Crippen LogP contribution is 2.15. The van der Waals surface area contributed by atoms with Crippen molar-refractivity contribution in [2.75, 3.05) is 19.7 Å². The fraction of sp³-hybridized carbons (Fsp3) is 0.450. The average molecular weight is 357 g/mol. The number of hydrogen-bond acceptors (Lipinski definition) is 4. The summed E-state index contributed by atoms with van der Waals surface area (Å²) in [5.74, 6) is -0.310. The van der Waals surface area contributed by atoms with Gasteiger partial charge >= 0.3 is 5.97 Å². The summed E-state index contributed by atoms with van der Waals surface area (Å²) in [6.45, 7) is 10.5.